The second-order valence-electron chi connectivity index (χ2n) is 9.80. The molecule has 12 heteroatoms. The quantitative estimate of drug-likeness (QED) is 0.442. The summed E-state index contributed by atoms with van der Waals surface area (Å²) in [5.74, 6) is -2.13. The van der Waals surface area contributed by atoms with Crippen LogP contribution in [0.1, 0.15) is 40.6 Å². The Balaban J connectivity index is 1.36. The van der Waals surface area contributed by atoms with Crippen molar-refractivity contribution >= 4 is 34.2 Å². The Bertz CT molecular complexity index is 1300. The number of likely N-dealkylation sites (tertiary alicyclic amines) is 1. The van der Waals surface area contributed by atoms with E-state index >= 15 is 0 Å². The summed E-state index contributed by atoms with van der Waals surface area (Å²) in [5, 5.41) is 13.0. The van der Waals surface area contributed by atoms with Gasteiger partial charge in [-0.3, -0.25) is 9.69 Å². The number of carbonyl (C=O) groups excluding carboxylic acids is 1. The zero-order valence-electron chi connectivity index (χ0n) is 20.6. The van der Waals surface area contributed by atoms with Gasteiger partial charge in [0.05, 0.1) is 22.1 Å². The molecule has 0 radical (unpaired) electrons. The first kappa shape index (κ1) is 26.6. The highest BCUT2D eigenvalue weighted by molar-refractivity contribution is 6.35. The number of pyridine rings is 1. The number of aliphatic hydroxyl groups excluding tert-OH is 1. The molecule has 1 amide bonds. The zero-order chi connectivity index (χ0) is 26.9. The van der Waals surface area contributed by atoms with Crippen LogP contribution < -0.4 is 10.2 Å². The number of carbonyl (C=O) groups is 1. The fourth-order valence-corrected chi connectivity index (χ4v) is 5.20. The highest BCUT2D eigenvalue weighted by atomic mass is 35.5. The van der Waals surface area contributed by atoms with Crippen LogP contribution in [0, 0.1) is 5.92 Å². The molecular formula is C26H28ClF3N6O2. The number of fused-ring (bicyclic) bond motifs is 1. The van der Waals surface area contributed by atoms with Crippen molar-refractivity contribution in [3.8, 4) is 0 Å². The molecule has 0 saturated carbocycles. The van der Waals surface area contributed by atoms with E-state index in [4.69, 9.17) is 11.6 Å². The van der Waals surface area contributed by atoms with Crippen molar-refractivity contribution in [1.82, 2.24) is 25.2 Å². The summed E-state index contributed by atoms with van der Waals surface area (Å²) < 4.78 is 40.6. The van der Waals surface area contributed by atoms with Crippen molar-refractivity contribution in [2.45, 2.75) is 31.5 Å². The molecule has 0 aliphatic carbocycles. The maximum atomic E-state index is 13.8. The predicted molar refractivity (Wildman–Crippen MR) is 137 cm³/mol. The molecule has 1 aromatic carbocycles. The molecule has 1 atom stereocenters. The van der Waals surface area contributed by atoms with Gasteiger partial charge in [0.2, 0.25) is 0 Å². The molecule has 4 heterocycles. The standard InChI is InChI=1S/C26H28ClF3N6O2/c27-19-2-3-20-18(1-4-23(34-20)36-13-16(14-36)15-37)24(19)25(38)33-12-21(17-10-31-22(9-28)32-11-17)35-7-5-26(29,30)6-8-35/h1-4,10-11,16,21,37H,5-9,12-15H2,(H,33,38). The van der Waals surface area contributed by atoms with Crippen molar-refractivity contribution < 1.29 is 23.1 Å². The monoisotopic (exact) mass is 548 g/mol. The molecule has 2 N–H and O–H groups in total. The third-order valence-electron chi connectivity index (χ3n) is 7.23. The van der Waals surface area contributed by atoms with Gasteiger partial charge in [0.25, 0.3) is 11.8 Å². The van der Waals surface area contributed by atoms with E-state index in [2.05, 4.69) is 25.2 Å². The average Bonchev–Trinajstić information content (AvgIpc) is 2.89. The SMILES string of the molecule is O=C(NCC(c1cnc(CF)nc1)N1CCC(F)(F)CC1)c1c(Cl)ccc2nc(N3CC(CO)C3)ccc12. The summed E-state index contributed by atoms with van der Waals surface area (Å²) in [4.78, 5) is 30.0. The molecule has 3 aromatic rings. The van der Waals surface area contributed by atoms with Gasteiger partial charge in [-0.2, -0.15) is 0 Å². The molecule has 2 saturated heterocycles. The van der Waals surface area contributed by atoms with Crippen molar-refractivity contribution in [2.24, 2.45) is 5.92 Å². The second kappa shape index (κ2) is 11.0. The van der Waals surface area contributed by atoms with Gasteiger partial charge in [-0.25, -0.2) is 28.1 Å². The summed E-state index contributed by atoms with van der Waals surface area (Å²) in [6.07, 6.45) is 2.36. The number of hydrogen-bond donors (Lipinski definition) is 2. The van der Waals surface area contributed by atoms with Gasteiger partial charge in [0.1, 0.15) is 12.5 Å². The summed E-state index contributed by atoms with van der Waals surface area (Å²) >= 11 is 6.45. The Morgan fingerprint density at radius 2 is 1.87 bits per heavy atom. The highest BCUT2D eigenvalue weighted by Crippen LogP contribution is 2.33. The fraction of sp³-hybridized carbons (Fsp3) is 0.462. The van der Waals surface area contributed by atoms with Crippen LogP contribution in [0.5, 0.6) is 0 Å². The van der Waals surface area contributed by atoms with Crippen molar-refractivity contribution in [3.05, 3.63) is 58.6 Å². The lowest BCUT2D eigenvalue weighted by Gasteiger charge is -2.39. The number of alkyl halides is 3. The zero-order valence-corrected chi connectivity index (χ0v) is 21.3. The Kier molecular flexibility index (Phi) is 7.69. The number of rotatable bonds is 8. The van der Waals surface area contributed by atoms with E-state index in [1.165, 1.54) is 12.4 Å². The van der Waals surface area contributed by atoms with Crippen LogP contribution in [0.2, 0.25) is 5.02 Å². The number of nitrogens with one attached hydrogen (secondary N) is 1. The first-order valence-corrected chi connectivity index (χ1v) is 12.9. The molecule has 2 aromatic heterocycles. The lowest BCUT2D eigenvalue weighted by Crippen LogP contribution is -2.48. The molecule has 2 aliphatic heterocycles. The number of amides is 1. The lowest BCUT2D eigenvalue weighted by atomic mass is 10.0. The highest BCUT2D eigenvalue weighted by Gasteiger charge is 2.37. The van der Waals surface area contributed by atoms with Gasteiger partial charge in [-0.1, -0.05) is 11.6 Å². The number of aliphatic hydroxyl groups is 1. The number of piperidine rings is 1. The topological polar surface area (TPSA) is 94.5 Å². The van der Waals surface area contributed by atoms with Crippen LogP contribution in [-0.2, 0) is 6.67 Å². The van der Waals surface area contributed by atoms with E-state index in [-0.39, 0.29) is 61.4 Å². The minimum atomic E-state index is -2.73. The Morgan fingerprint density at radius 1 is 1.16 bits per heavy atom. The van der Waals surface area contributed by atoms with Crippen LogP contribution in [0.15, 0.2) is 36.7 Å². The van der Waals surface area contributed by atoms with Gasteiger partial charge in [-0.15, -0.1) is 0 Å². The van der Waals surface area contributed by atoms with E-state index in [1.54, 1.807) is 18.2 Å². The molecule has 202 valence electrons. The molecule has 0 bridgehead atoms. The minimum Gasteiger partial charge on any atom is -0.396 e. The smallest absolute Gasteiger partial charge is 0.253 e. The Hall–Kier alpha value is -3.02. The first-order valence-electron chi connectivity index (χ1n) is 12.5. The largest absolute Gasteiger partial charge is 0.396 e. The number of hydrogen-bond acceptors (Lipinski definition) is 7. The van der Waals surface area contributed by atoms with Crippen molar-refractivity contribution in [1.29, 1.82) is 0 Å². The minimum absolute atomic E-state index is 0.0289. The van der Waals surface area contributed by atoms with Crippen LogP contribution >= 0.6 is 11.6 Å². The van der Waals surface area contributed by atoms with Gasteiger partial charge in [0.15, 0.2) is 5.82 Å². The summed E-state index contributed by atoms with van der Waals surface area (Å²) in [6.45, 7) is 1.12. The average molecular weight is 549 g/mol. The predicted octanol–water partition coefficient (Wildman–Crippen LogP) is 3.78. The van der Waals surface area contributed by atoms with Gasteiger partial charge < -0.3 is 15.3 Å². The number of halogens is 4. The maximum absolute atomic E-state index is 13.8. The molecule has 8 nitrogen and oxygen atoms in total. The molecule has 5 rings (SSSR count). The molecule has 1 unspecified atom stereocenters. The van der Waals surface area contributed by atoms with Crippen LogP contribution in [0.4, 0.5) is 19.0 Å². The number of benzene rings is 1. The van der Waals surface area contributed by atoms with Crippen LogP contribution in [-0.4, -0.2) is 76.1 Å². The van der Waals surface area contributed by atoms with E-state index in [0.29, 0.717) is 16.5 Å². The van der Waals surface area contributed by atoms with E-state index in [0.717, 1.165) is 18.9 Å². The van der Waals surface area contributed by atoms with Gasteiger partial charge in [0, 0.05) is 81.4 Å². The summed E-state index contributed by atoms with van der Waals surface area (Å²) in [7, 11) is 0. The molecule has 38 heavy (non-hydrogen) atoms. The first-order chi connectivity index (χ1) is 18.3. The Morgan fingerprint density at radius 3 is 2.53 bits per heavy atom. The van der Waals surface area contributed by atoms with Crippen LogP contribution in [0.25, 0.3) is 10.9 Å². The number of anilines is 1. The van der Waals surface area contributed by atoms with Gasteiger partial charge in [-0.05, 0) is 24.3 Å². The van der Waals surface area contributed by atoms with Crippen molar-refractivity contribution in [2.75, 3.05) is 44.2 Å². The number of nitrogens with zero attached hydrogens (tertiary/aromatic N) is 5. The summed E-state index contributed by atoms with van der Waals surface area (Å²) in [6, 6.07) is 6.52. The molecule has 0 spiro atoms. The molecular weight excluding hydrogens is 521 g/mol. The molecule has 2 aliphatic rings. The second-order valence-corrected chi connectivity index (χ2v) is 10.2. The Labute approximate surface area is 222 Å². The third-order valence-corrected chi connectivity index (χ3v) is 7.54. The maximum Gasteiger partial charge on any atom is 0.253 e. The van der Waals surface area contributed by atoms with Gasteiger partial charge >= 0.3 is 0 Å². The summed E-state index contributed by atoms with van der Waals surface area (Å²) in [5.41, 5.74) is 1.47. The van der Waals surface area contributed by atoms with E-state index < -0.39 is 24.5 Å². The molecule has 2 fully saturated rings. The van der Waals surface area contributed by atoms with E-state index in [9.17, 15) is 23.1 Å². The number of aromatic nitrogens is 3. The normalized spacial score (nSPS) is 18.8. The third kappa shape index (κ3) is 5.55. The fourth-order valence-electron chi connectivity index (χ4n) is 4.95. The van der Waals surface area contributed by atoms with Crippen LogP contribution in [0.3, 0.4) is 0 Å². The lowest BCUT2D eigenvalue weighted by molar-refractivity contribution is -0.0632. The van der Waals surface area contributed by atoms with Crippen molar-refractivity contribution in [3.63, 3.8) is 0 Å². The van der Waals surface area contributed by atoms with E-state index in [1.807, 2.05) is 11.0 Å².